The molecule has 8 aromatic carbocycles. The van der Waals surface area contributed by atoms with Crippen LogP contribution in [-0.4, -0.2) is 119 Å². The van der Waals surface area contributed by atoms with Gasteiger partial charge in [0.2, 0.25) is 29.2 Å². The van der Waals surface area contributed by atoms with Crippen LogP contribution in [0, 0.1) is 23.3 Å². The summed E-state index contributed by atoms with van der Waals surface area (Å²) in [5, 5.41) is 28.1. The molecule has 0 saturated heterocycles. The maximum absolute atomic E-state index is 13.9. The lowest BCUT2D eigenvalue weighted by molar-refractivity contribution is 0.0888. The van der Waals surface area contributed by atoms with Crippen LogP contribution >= 0.6 is 0 Å². The molecule has 0 aliphatic rings. The van der Waals surface area contributed by atoms with Gasteiger partial charge in [0.25, 0.3) is 47.2 Å². The van der Waals surface area contributed by atoms with Gasteiger partial charge in [-0.3, -0.25) is 50.6 Å². The Hall–Kier alpha value is -15.2. The predicted octanol–water partition coefficient (Wildman–Crippen LogP) is 11.1. The number of rotatable bonds is 16. The van der Waals surface area contributed by atoms with Crippen LogP contribution in [0.1, 0.15) is 41.4 Å². The summed E-state index contributed by atoms with van der Waals surface area (Å²) < 4.78 is 87.7. The van der Waals surface area contributed by atoms with E-state index in [0.29, 0.717) is 22.3 Å². The van der Waals surface area contributed by atoms with Crippen LogP contribution in [0.2, 0.25) is 0 Å². The highest BCUT2D eigenvalue weighted by Gasteiger charge is 2.22. The predicted molar refractivity (Wildman–Crippen MR) is 366 cm³/mol. The van der Waals surface area contributed by atoms with Crippen LogP contribution in [0.4, 0.5) is 47.1 Å². The molecule has 0 atom stereocenters. The number of hydroxylamine groups is 1. The second-order valence-electron chi connectivity index (χ2n) is 21.2. The number of urea groups is 4. The summed E-state index contributed by atoms with van der Waals surface area (Å²) in [7, 11) is 1.24. The number of anilines is 1. The molecule has 0 saturated carbocycles. The number of halogens is 5. The number of imide groups is 4. The number of benzene rings is 8. The molecule has 0 unspecified atom stereocenters. The van der Waals surface area contributed by atoms with Crippen LogP contribution < -0.4 is 43.1 Å². The number of nitrogens with zero attached hydrogens (tertiary/aromatic N) is 10. The number of hydrogen-bond donors (Lipinski definition) is 8. The Balaban J connectivity index is 0.000000153. The third kappa shape index (κ3) is 20.3. The van der Waals surface area contributed by atoms with E-state index < -0.39 is 77.7 Å². The van der Waals surface area contributed by atoms with Crippen LogP contribution in [0.15, 0.2) is 231 Å². The number of hydrogen-bond acceptors (Lipinski definition) is 23. The molecular weight excluding hydrogens is 1410 g/mol. The molecule has 13 aromatic rings. The maximum Gasteiger partial charge on any atom is 0.345 e. The summed E-state index contributed by atoms with van der Waals surface area (Å²) >= 11 is 0. The summed E-state index contributed by atoms with van der Waals surface area (Å²) in [6.45, 7) is -0.930. The zero-order chi connectivity index (χ0) is 75.8. The van der Waals surface area contributed by atoms with Gasteiger partial charge >= 0.3 is 24.1 Å². The van der Waals surface area contributed by atoms with Crippen molar-refractivity contribution in [2.24, 2.45) is 5.73 Å². The molecular formula is C71H51F5N18O13. The van der Waals surface area contributed by atoms with E-state index >= 15 is 0 Å². The Labute approximate surface area is 598 Å². The third-order valence-electron chi connectivity index (χ3n) is 13.9. The quantitative estimate of drug-likeness (QED) is 0.0329. The highest BCUT2D eigenvalue weighted by molar-refractivity contribution is 6.08. The molecule has 0 aliphatic heterocycles. The van der Waals surface area contributed by atoms with Crippen molar-refractivity contribution in [3.63, 3.8) is 0 Å². The fourth-order valence-corrected chi connectivity index (χ4v) is 9.07. The lowest BCUT2D eigenvalue weighted by Gasteiger charge is -2.06. The van der Waals surface area contributed by atoms with E-state index in [-0.39, 0.29) is 104 Å². The lowest BCUT2D eigenvalue weighted by Crippen LogP contribution is -2.40. The monoisotopic (exact) mass is 1460 g/mol. The fraction of sp³-hybridized carbons (Fsp3) is 0.0423. The van der Waals surface area contributed by atoms with Gasteiger partial charge in [0.05, 0.1) is 29.4 Å². The Morgan fingerprint density at radius 3 is 1.01 bits per heavy atom. The number of alkyl halides is 1. The Bertz CT molecular complexity index is 5370. The molecule has 107 heavy (non-hydrogen) atoms. The molecule has 12 amide bonds. The molecule has 0 radical (unpaired) electrons. The van der Waals surface area contributed by atoms with E-state index in [9.17, 15) is 60.3 Å². The number of nitrogens with one attached hydrogen (secondary N) is 7. The molecule has 36 heteroatoms. The number of amides is 12. The zero-order valence-corrected chi connectivity index (χ0v) is 54.9. The summed E-state index contributed by atoms with van der Waals surface area (Å²) in [5.41, 5.74) is 10.2. The van der Waals surface area contributed by atoms with Crippen molar-refractivity contribution in [1.29, 1.82) is 0 Å². The number of nitrogens with two attached hydrogens (primary N) is 1. The summed E-state index contributed by atoms with van der Waals surface area (Å²) in [4.78, 5) is 122. The van der Waals surface area contributed by atoms with Gasteiger partial charge in [-0.25, -0.2) is 56.6 Å². The van der Waals surface area contributed by atoms with Gasteiger partial charge < -0.3 is 29.1 Å². The number of carbonyl (C=O) groups excluding carboxylic acids is 8. The smallest absolute Gasteiger partial charge is 0.345 e. The molecule has 0 bridgehead atoms. The Kier molecular flexibility index (Phi) is 25.0. The van der Waals surface area contributed by atoms with Crippen molar-refractivity contribution < 1.29 is 83.2 Å². The van der Waals surface area contributed by atoms with Crippen LogP contribution in [0.25, 0.3) is 91.4 Å². The first-order chi connectivity index (χ1) is 51.8. The van der Waals surface area contributed by atoms with Crippen molar-refractivity contribution in [3.8, 4) is 91.4 Å². The van der Waals surface area contributed by atoms with Crippen LogP contribution in [0.5, 0.6) is 0 Å². The van der Waals surface area contributed by atoms with Gasteiger partial charge in [0, 0.05) is 63.4 Å². The van der Waals surface area contributed by atoms with E-state index in [2.05, 4.69) is 82.0 Å². The first kappa shape index (κ1) is 74.5. The topological polar surface area (TPSA) is 437 Å². The summed E-state index contributed by atoms with van der Waals surface area (Å²) in [6.07, 6.45) is 2.91. The SMILES string of the molecule is CONC(=O)NC(=O)c1cccc(-c2noc(-c3ccccc3F)n2)c1.NC(=O)NC(=O)c1cccc(-c2noc(-c3ccccc3F)n2)c1.O=C(NC(=O)c1cccc(-c2noc(-c3ccccc3F)n2)c1)Nc1ncccn1.O=C(NCCF)NC(=O)c1cccc(-c2noc(-c3ccccc3F)n2)c1. The van der Waals surface area contributed by atoms with Gasteiger partial charge in [0.1, 0.15) is 29.9 Å². The summed E-state index contributed by atoms with van der Waals surface area (Å²) in [5.74, 6) is -3.77. The number of aromatic nitrogens is 10. The third-order valence-corrected chi connectivity index (χ3v) is 13.9. The van der Waals surface area contributed by atoms with Gasteiger partial charge in [-0.15, -0.1) is 0 Å². The van der Waals surface area contributed by atoms with E-state index in [1.807, 2.05) is 10.8 Å². The minimum absolute atomic E-state index is 0.00329. The van der Waals surface area contributed by atoms with E-state index in [1.54, 1.807) is 103 Å². The zero-order valence-electron chi connectivity index (χ0n) is 54.9. The van der Waals surface area contributed by atoms with Gasteiger partial charge in [-0.05, 0) is 103 Å². The molecule has 0 spiro atoms. The maximum atomic E-state index is 13.9. The highest BCUT2D eigenvalue weighted by Crippen LogP contribution is 2.30. The largest absolute Gasteiger partial charge is 0.351 e. The van der Waals surface area contributed by atoms with Gasteiger partial charge in [-0.1, -0.05) is 118 Å². The van der Waals surface area contributed by atoms with Gasteiger partial charge in [-0.2, -0.15) is 19.9 Å². The number of primary amides is 1. The van der Waals surface area contributed by atoms with Crippen molar-refractivity contribution in [1.82, 2.24) is 82.6 Å². The van der Waals surface area contributed by atoms with E-state index in [0.717, 1.165) is 0 Å². The standard InChI is InChI=1S/C20H13FN6O3.C18H14F2N4O3.C17H13FN4O4.C16H11FN4O3/c21-15-8-2-1-7-14(15)18-24-16(27-30-18)12-5-3-6-13(11-12)17(28)25-20(29)26-19-22-9-4-10-23-19;19-8-9-21-18(26)23-16(25)12-5-3-4-11(10-12)15-22-17(27-24-15)13-6-1-2-7-14(13)20;1-25-22-17(24)20-15(23)11-6-4-5-10(9-11)14-19-16(26-21-14)12-7-2-3-8-13(12)18;17-12-7-2-1-6-11(12)15-19-13(21-24-15)9-4-3-5-10(8-9)14(22)20-16(18)23/h1-11H,(H2,22,23,25,26,28,29);1-7,10H,8-9H2,(H2,21,23,25,26);2-9H,1H3,(H2,20,22,23,24);1-8H,(H3,18,20,22,23). The molecule has 0 fully saturated rings. The van der Waals surface area contributed by atoms with Crippen molar-refractivity contribution >= 4 is 53.7 Å². The van der Waals surface area contributed by atoms with Crippen LogP contribution in [-0.2, 0) is 4.84 Å². The van der Waals surface area contributed by atoms with E-state index in [4.69, 9.17) is 23.8 Å². The fourth-order valence-electron chi connectivity index (χ4n) is 9.07. The molecule has 13 rings (SSSR count). The second kappa shape index (κ2) is 35.9. The van der Waals surface area contributed by atoms with Crippen molar-refractivity contribution in [2.45, 2.75) is 0 Å². The highest BCUT2D eigenvalue weighted by atomic mass is 19.1. The molecule has 0 aliphatic carbocycles. The minimum Gasteiger partial charge on any atom is -0.351 e. The molecule has 5 aromatic heterocycles. The second-order valence-corrected chi connectivity index (χ2v) is 21.2. The van der Waals surface area contributed by atoms with E-state index in [1.165, 1.54) is 117 Å². The first-order valence-electron chi connectivity index (χ1n) is 30.9. The average Bonchev–Trinajstić information content (AvgIpc) is 1.73. The molecule has 9 N–H and O–H groups in total. The number of carbonyl (C=O) groups is 8. The molecule has 31 nitrogen and oxygen atoms in total. The van der Waals surface area contributed by atoms with Crippen LogP contribution in [0.3, 0.4) is 0 Å². The van der Waals surface area contributed by atoms with Crippen molar-refractivity contribution in [3.05, 3.63) is 258 Å². The lowest BCUT2D eigenvalue weighted by atomic mass is 10.1. The first-order valence-corrected chi connectivity index (χ1v) is 30.9. The molecule has 5 heterocycles. The van der Waals surface area contributed by atoms with Gasteiger partial charge in [0.15, 0.2) is 0 Å². The summed E-state index contributed by atoms with van der Waals surface area (Å²) in [6, 6.07) is 47.1. The molecule has 538 valence electrons. The minimum atomic E-state index is -0.952. The normalized spacial score (nSPS) is 10.4. The Morgan fingerprint density at radius 1 is 0.393 bits per heavy atom. The van der Waals surface area contributed by atoms with Crippen molar-refractivity contribution in [2.75, 3.05) is 25.6 Å². The average molecular weight is 1460 g/mol. The Morgan fingerprint density at radius 2 is 0.701 bits per heavy atom.